The number of amides is 1. The molecule has 0 saturated carbocycles. The van der Waals surface area contributed by atoms with Crippen molar-refractivity contribution in [2.24, 2.45) is 5.92 Å². The highest BCUT2D eigenvalue weighted by atomic mass is 16.6. The van der Waals surface area contributed by atoms with E-state index in [1.54, 1.807) is 4.90 Å². The third kappa shape index (κ3) is 4.64. The summed E-state index contributed by atoms with van der Waals surface area (Å²) in [7, 11) is 0. The van der Waals surface area contributed by atoms with Crippen LogP contribution in [0.1, 0.15) is 33.6 Å². The van der Waals surface area contributed by atoms with E-state index in [9.17, 15) is 19.7 Å². The Kier molecular flexibility index (Phi) is 5.88. The summed E-state index contributed by atoms with van der Waals surface area (Å²) in [5.74, 6) is -0.592. The summed E-state index contributed by atoms with van der Waals surface area (Å²) in [5.41, 5.74) is -0.663. The van der Waals surface area contributed by atoms with Crippen LogP contribution in [-0.4, -0.2) is 46.5 Å². The molecule has 1 aliphatic rings. The standard InChI is InChI=1S/C20H20N2O6/c23-19(15-10-16(20(24)25)12-17(11-15)22(26)27)21-8-6-14(7-9-21)13-28-18-4-2-1-3-5-18/h1-5,10-12,14H,6-9,13H2,(H,24,25). The number of carbonyl (C=O) groups is 2. The molecule has 0 aromatic heterocycles. The predicted octanol–water partition coefficient (Wildman–Crippen LogP) is 3.22. The Morgan fingerprint density at radius 3 is 2.36 bits per heavy atom. The van der Waals surface area contributed by atoms with Crippen molar-refractivity contribution in [1.82, 2.24) is 4.90 Å². The lowest BCUT2D eigenvalue weighted by molar-refractivity contribution is -0.384. The van der Waals surface area contributed by atoms with Crippen LogP contribution in [0.25, 0.3) is 0 Å². The monoisotopic (exact) mass is 384 g/mol. The van der Waals surface area contributed by atoms with Crippen LogP contribution >= 0.6 is 0 Å². The first-order valence-electron chi connectivity index (χ1n) is 8.94. The first-order chi connectivity index (χ1) is 13.4. The van der Waals surface area contributed by atoms with Crippen molar-refractivity contribution < 1.29 is 24.4 Å². The van der Waals surface area contributed by atoms with E-state index in [0.29, 0.717) is 25.6 Å². The van der Waals surface area contributed by atoms with Crippen LogP contribution in [0.2, 0.25) is 0 Å². The van der Waals surface area contributed by atoms with Gasteiger partial charge in [0, 0.05) is 30.8 Å². The summed E-state index contributed by atoms with van der Waals surface area (Å²) in [6.45, 7) is 1.55. The van der Waals surface area contributed by atoms with E-state index >= 15 is 0 Å². The number of non-ortho nitro benzene ring substituents is 1. The molecular formula is C20H20N2O6. The topological polar surface area (TPSA) is 110 Å². The van der Waals surface area contributed by atoms with Gasteiger partial charge in [-0.3, -0.25) is 14.9 Å². The molecule has 1 aliphatic heterocycles. The molecule has 28 heavy (non-hydrogen) atoms. The molecule has 1 fully saturated rings. The number of rotatable bonds is 6. The Morgan fingerprint density at radius 1 is 1.11 bits per heavy atom. The number of carboxylic acid groups (broad SMARTS) is 1. The van der Waals surface area contributed by atoms with E-state index in [1.807, 2.05) is 30.3 Å². The Balaban J connectivity index is 1.62. The quantitative estimate of drug-likeness (QED) is 0.605. The van der Waals surface area contributed by atoms with Gasteiger partial charge in [-0.15, -0.1) is 0 Å². The number of carboxylic acids is 1. The summed E-state index contributed by atoms with van der Waals surface area (Å²) in [6, 6.07) is 12.8. The lowest BCUT2D eigenvalue weighted by atomic mass is 9.97. The molecule has 0 spiro atoms. The molecule has 0 aliphatic carbocycles. The summed E-state index contributed by atoms with van der Waals surface area (Å²) >= 11 is 0. The molecule has 2 aromatic carbocycles. The van der Waals surface area contributed by atoms with Gasteiger partial charge in [0.05, 0.1) is 17.1 Å². The number of nitro benzene ring substituents is 1. The molecule has 0 bridgehead atoms. The van der Waals surface area contributed by atoms with E-state index in [0.717, 1.165) is 30.7 Å². The molecule has 1 N–H and O–H groups in total. The van der Waals surface area contributed by atoms with Gasteiger partial charge < -0.3 is 14.7 Å². The molecule has 1 amide bonds. The Bertz CT molecular complexity index is 843. The maximum atomic E-state index is 12.7. The van der Waals surface area contributed by atoms with Crippen molar-refractivity contribution in [1.29, 1.82) is 0 Å². The predicted molar refractivity (Wildman–Crippen MR) is 101 cm³/mol. The number of hydrogen-bond donors (Lipinski definition) is 1. The minimum Gasteiger partial charge on any atom is -0.493 e. The number of nitrogens with zero attached hydrogens (tertiary/aromatic N) is 2. The molecular weight excluding hydrogens is 364 g/mol. The first-order valence-corrected chi connectivity index (χ1v) is 8.94. The van der Waals surface area contributed by atoms with Crippen LogP contribution in [-0.2, 0) is 0 Å². The molecule has 0 unspecified atom stereocenters. The van der Waals surface area contributed by atoms with E-state index in [4.69, 9.17) is 9.84 Å². The highest BCUT2D eigenvalue weighted by Crippen LogP contribution is 2.23. The third-order valence-corrected chi connectivity index (χ3v) is 4.75. The third-order valence-electron chi connectivity index (χ3n) is 4.75. The average molecular weight is 384 g/mol. The van der Waals surface area contributed by atoms with Gasteiger partial charge in [-0.2, -0.15) is 0 Å². The normalized spacial score (nSPS) is 14.5. The fraction of sp³-hybridized carbons (Fsp3) is 0.300. The molecule has 1 heterocycles. The Labute approximate surface area is 161 Å². The number of hydrogen-bond acceptors (Lipinski definition) is 5. The second-order valence-corrected chi connectivity index (χ2v) is 6.69. The maximum absolute atomic E-state index is 12.7. The van der Waals surface area contributed by atoms with E-state index in [1.165, 1.54) is 6.07 Å². The van der Waals surface area contributed by atoms with Gasteiger partial charge in [0.15, 0.2) is 0 Å². The Morgan fingerprint density at radius 2 is 1.75 bits per heavy atom. The fourth-order valence-electron chi connectivity index (χ4n) is 3.18. The van der Waals surface area contributed by atoms with Crippen LogP contribution in [0.3, 0.4) is 0 Å². The van der Waals surface area contributed by atoms with Crippen LogP contribution in [0.4, 0.5) is 5.69 Å². The number of likely N-dealkylation sites (tertiary alicyclic amines) is 1. The summed E-state index contributed by atoms with van der Waals surface area (Å²) < 4.78 is 5.77. The van der Waals surface area contributed by atoms with Crippen molar-refractivity contribution in [2.75, 3.05) is 19.7 Å². The number of para-hydroxylation sites is 1. The van der Waals surface area contributed by atoms with Gasteiger partial charge >= 0.3 is 5.97 Å². The molecule has 3 rings (SSSR count). The van der Waals surface area contributed by atoms with Gasteiger partial charge in [-0.05, 0) is 37.0 Å². The number of aromatic carboxylic acids is 1. The number of ether oxygens (including phenoxy) is 1. The molecule has 1 saturated heterocycles. The number of carbonyl (C=O) groups excluding carboxylic acids is 1. The van der Waals surface area contributed by atoms with Gasteiger partial charge in [-0.25, -0.2) is 4.79 Å². The lowest BCUT2D eigenvalue weighted by Gasteiger charge is -2.32. The van der Waals surface area contributed by atoms with Crippen LogP contribution < -0.4 is 4.74 Å². The zero-order valence-corrected chi connectivity index (χ0v) is 15.1. The molecule has 146 valence electrons. The molecule has 0 radical (unpaired) electrons. The van der Waals surface area contributed by atoms with E-state index in [2.05, 4.69) is 0 Å². The first kappa shape index (κ1) is 19.3. The fourth-order valence-corrected chi connectivity index (χ4v) is 3.18. The SMILES string of the molecule is O=C(O)c1cc(C(=O)N2CCC(COc3ccccc3)CC2)cc([N+](=O)[O-])c1. The Hall–Kier alpha value is -3.42. The molecule has 0 atom stereocenters. The summed E-state index contributed by atoms with van der Waals surface area (Å²) in [5, 5.41) is 20.2. The van der Waals surface area contributed by atoms with Crippen molar-refractivity contribution in [3.63, 3.8) is 0 Å². The summed E-state index contributed by atoms with van der Waals surface area (Å²) in [6.07, 6.45) is 1.50. The molecule has 8 heteroatoms. The van der Waals surface area contributed by atoms with Crippen molar-refractivity contribution >= 4 is 17.6 Å². The van der Waals surface area contributed by atoms with E-state index < -0.39 is 22.5 Å². The highest BCUT2D eigenvalue weighted by molar-refractivity contribution is 5.98. The van der Waals surface area contributed by atoms with Gasteiger partial charge in [0.2, 0.25) is 0 Å². The van der Waals surface area contributed by atoms with Crippen LogP contribution in [0.15, 0.2) is 48.5 Å². The second kappa shape index (κ2) is 8.51. The number of benzene rings is 2. The maximum Gasteiger partial charge on any atom is 0.335 e. The van der Waals surface area contributed by atoms with Crippen LogP contribution in [0, 0.1) is 16.0 Å². The lowest BCUT2D eigenvalue weighted by Crippen LogP contribution is -2.39. The number of piperidine rings is 1. The largest absolute Gasteiger partial charge is 0.493 e. The van der Waals surface area contributed by atoms with Gasteiger partial charge in [0.1, 0.15) is 5.75 Å². The zero-order valence-electron chi connectivity index (χ0n) is 15.1. The minimum absolute atomic E-state index is 0.0191. The number of nitro groups is 1. The van der Waals surface area contributed by atoms with Gasteiger partial charge in [-0.1, -0.05) is 18.2 Å². The van der Waals surface area contributed by atoms with Crippen molar-refractivity contribution in [3.8, 4) is 5.75 Å². The van der Waals surface area contributed by atoms with Crippen LogP contribution in [0.5, 0.6) is 5.75 Å². The van der Waals surface area contributed by atoms with Crippen molar-refractivity contribution in [2.45, 2.75) is 12.8 Å². The highest BCUT2D eigenvalue weighted by Gasteiger charge is 2.26. The van der Waals surface area contributed by atoms with E-state index in [-0.39, 0.29) is 11.1 Å². The zero-order chi connectivity index (χ0) is 20.1. The van der Waals surface area contributed by atoms with Crippen molar-refractivity contribution in [3.05, 3.63) is 69.8 Å². The minimum atomic E-state index is -1.31. The average Bonchev–Trinajstić information content (AvgIpc) is 2.72. The smallest absolute Gasteiger partial charge is 0.335 e. The summed E-state index contributed by atoms with van der Waals surface area (Å²) in [4.78, 5) is 35.8. The van der Waals surface area contributed by atoms with Gasteiger partial charge in [0.25, 0.3) is 11.6 Å². The molecule has 8 nitrogen and oxygen atoms in total. The molecule has 2 aromatic rings. The second-order valence-electron chi connectivity index (χ2n) is 6.69.